The summed E-state index contributed by atoms with van der Waals surface area (Å²) in [5, 5.41) is 15.9. The molecular formula is C22H26N3O9PS. The van der Waals surface area contributed by atoms with Gasteiger partial charge in [-0.2, -0.15) is 5.09 Å². The van der Waals surface area contributed by atoms with Gasteiger partial charge >= 0.3 is 19.4 Å². The standard InChI is InChI=1S/C22H26N3O9PS/c1-12-19(27)16(33-20(12)25-9-7-18(26)23-22(25)29)11-32-35(30,24-13(2)21(28)31-3)34-15-5-4-6-17-14(15)8-10-36-17/h4-10,12-13,16,19-20,27H,11H2,1-3H3,(H,24,30)(H,23,26,29)/t12-,13-,16?,19-,20+,35?/m0/s1. The summed E-state index contributed by atoms with van der Waals surface area (Å²) < 4.78 is 37.8. The molecule has 0 bridgehead atoms. The Kier molecular flexibility index (Phi) is 7.79. The first-order valence-electron chi connectivity index (χ1n) is 11.0. The molecule has 1 saturated heterocycles. The number of carbonyl (C=O) groups excluding carboxylic acids is 1. The molecular weight excluding hydrogens is 513 g/mol. The van der Waals surface area contributed by atoms with Gasteiger partial charge in [-0.1, -0.05) is 13.0 Å². The maximum absolute atomic E-state index is 13.8. The van der Waals surface area contributed by atoms with Gasteiger partial charge in [-0.3, -0.25) is 23.7 Å². The van der Waals surface area contributed by atoms with Crippen LogP contribution in [-0.2, 0) is 23.4 Å². The lowest BCUT2D eigenvalue weighted by Gasteiger charge is -2.24. The summed E-state index contributed by atoms with van der Waals surface area (Å²) in [6, 6.07) is 7.17. The van der Waals surface area contributed by atoms with Crippen LogP contribution >= 0.6 is 19.1 Å². The van der Waals surface area contributed by atoms with E-state index in [-0.39, 0.29) is 5.75 Å². The van der Waals surface area contributed by atoms with Crippen LogP contribution in [0.3, 0.4) is 0 Å². The number of fused-ring (bicyclic) bond motifs is 1. The Morgan fingerprint density at radius 1 is 1.33 bits per heavy atom. The average molecular weight is 540 g/mol. The summed E-state index contributed by atoms with van der Waals surface area (Å²) in [6.45, 7) is 2.72. The quantitative estimate of drug-likeness (QED) is 0.271. The molecule has 0 amide bonds. The van der Waals surface area contributed by atoms with Crippen LogP contribution < -0.4 is 20.9 Å². The van der Waals surface area contributed by atoms with Crippen LogP contribution in [0.25, 0.3) is 10.1 Å². The second-order valence-corrected chi connectivity index (χ2v) is 10.9. The summed E-state index contributed by atoms with van der Waals surface area (Å²) in [5.74, 6) is -0.968. The highest BCUT2D eigenvalue weighted by Crippen LogP contribution is 2.48. The Hall–Kier alpha value is -2.80. The number of rotatable bonds is 9. The number of aliphatic hydroxyl groups excluding tert-OH is 1. The molecule has 1 fully saturated rings. The van der Waals surface area contributed by atoms with Crippen LogP contribution in [0.2, 0.25) is 0 Å². The minimum absolute atomic E-state index is 0.278. The molecule has 1 aliphatic heterocycles. The van der Waals surface area contributed by atoms with Gasteiger partial charge in [0.2, 0.25) is 0 Å². The van der Waals surface area contributed by atoms with Gasteiger partial charge in [0.25, 0.3) is 5.56 Å². The summed E-state index contributed by atoms with van der Waals surface area (Å²) in [7, 11) is -3.01. The van der Waals surface area contributed by atoms with Crippen LogP contribution in [0.15, 0.2) is 51.5 Å². The van der Waals surface area contributed by atoms with Gasteiger partial charge in [0.05, 0.1) is 19.8 Å². The lowest BCUT2D eigenvalue weighted by atomic mass is 10.0. The number of carbonyl (C=O) groups is 1. The number of esters is 1. The van der Waals surface area contributed by atoms with Crippen LogP contribution in [0.1, 0.15) is 20.1 Å². The van der Waals surface area contributed by atoms with Crippen LogP contribution in [0, 0.1) is 5.92 Å². The summed E-state index contributed by atoms with van der Waals surface area (Å²) in [5.41, 5.74) is -1.26. The zero-order valence-electron chi connectivity index (χ0n) is 19.7. The molecule has 0 spiro atoms. The molecule has 0 saturated carbocycles. The molecule has 36 heavy (non-hydrogen) atoms. The van der Waals surface area contributed by atoms with Gasteiger partial charge in [0.1, 0.15) is 24.1 Å². The second kappa shape index (κ2) is 10.7. The SMILES string of the molecule is COC(=O)[C@H](C)NP(=O)(OCC1O[C@@H](n2ccc(=O)[nH]c2=O)[C@@H](C)[C@@H]1O)Oc1cccc2sccc12. The van der Waals surface area contributed by atoms with E-state index in [1.54, 1.807) is 25.1 Å². The minimum Gasteiger partial charge on any atom is -0.468 e. The fourth-order valence-corrected chi connectivity index (χ4v) is 6.20. The number of nitrogens with zero attached hydrogens (tertiary/aromatic N) is 1. The molecule has 14 heteroatoms. The lowest BCUT2D eigenvalue weighted by Crippen LogP contribution is -2.36. The number of aliphatic hydroxyl groups is 1. The molecule has 4 rings (SSSR count). The maximum Gasteiger partial charge on any atom is 0.459 e. The molecule has 3 N–H and O–H groups in total. The number of thiophene rings is 1. The van der Waals surface area contributed by atoms with E-state index in [9.17, 15) is 24.1 Å². The van der Waals surface area contributed by atoms with Crippen molar-refractivity contribution in [1.82, 2.24) is 14.6 Å². The van der Waals surface area contributed by atoms with Crippen molar-refractivity contribution in [1.29, 1.82) is 0 Å². The van der Waals surface area contributed by atoms with Crippen molar-refractivity contribution < 1.29 is 33.0 Å². The van der Waals surface area contributed by atoms with E-state index in [2.05, 4.69) is 10.1 Å². The topological polar surface area (TPSA) is 158 Å². The fourth-order valence-electron chi connectivity index (χ4n) is 3.88. The van der Waals surface area contributed by atoms with Crippen molar-refractivity contribution in [2.45, 2.75) is 38.3 Å². The van der Waals surface area contributed by atoms with Gasteiger partial charge < -0.3 is 19.1 Å². The number of nitrogens with one attached hydrogen (secondary N) is 2. The van der Waals surface area contributed by atoms with Gasteiger partial charge in [0.15, 0.2) is 0 Å². The van der Waals surface area contributed by atoms with E-state index in [1.165, 1.54) is 37.6 Å². The minimum atomic E-state index is -4.20. The predicted octanol–water partition coefficient (Wildman–Crippen LogP) is 2.00. The van der Waals surface area contributed by atoms with E-state index >= 15 is 0 Å². The lowest BCUT2D eigenvalue weighted by molar-refractivity contribution is -0.142. The molecule has 194 valence electrons. The van der Waals surface area contributed by atoms with Gasteiger partial charge in [-0.05, 0) is 30.5 Å². The molecule has 1 aliphatic rings. The highest BCUT2D eigenvalue weighted by molar-refractivity contribution is 7.52. The highest BCUT2D eigenvalue weighted by atomic mass is 32.1. The fraction of sp³-hybridized carbons (Fsp3) is 0.409. The van der Waals surface area contributed by atoms with Crippen LogP contribution in [0.5, 0.6) is 5.75 Å². The van der Waals surface area contributed by atoms with Crippen LogP contribution in [0.4, 0.5) is 0 Å². The maximum atomic E-state index is 13.8. The van der Waals surface area contributed by atoms with Crippen molar-refractivity contribution in [3.05, 3.63) is 62.7 Å². The predicted molar refractivity (Wildman–Crippen MR) is 131 cm³/mol. The zero-order chi connectivity index (χ0) is 26.0. The molecule has 3 heterocycles. The van der Waals surface area contributed by atoms with Crippen molar-refractivity contribution in [3.8, 4) is 5.75 Å². The highest BCUT2D eigenvalue weighted by Gasteiger charge is 2.44. The number of ether oxygens (including phenoxy) is 2. The number of hydrogen-bond acceptors (Lipinski definition) is 10. The first-order chi connectivity index (χ1) is 17.1. The van der Waals surface area contributed by atoms with E-state index in [0.29, 0.717) is 5.39 Å². The van der Waals surface area contributed by atoms with Crippen molar-refractivity contribution in [2.75, 3.05) is 13.7 Å². The number of hydrogen-bond donors (Lipinski definition) is 3. The number of aromatic amines is 1. The Balaban J connectivity index is 1.55. The van der Waals surface area contributed by atoms with Crippen molar-refractivity contribution in [3.63, 3.8) is 0 Å². The van der Waals surface area contributed by atoms with Gasteiger partial charge in [-0.15, -0.1) is 11.3 Å². The van der Waals surface area contributed by atoms with E-state index in [1.807, 2.05) is 11.4 Å². The zero-order valence-corrected chi connectivity index (χ0v) is 21.4. The molecule has 0 radical (unpaired) electrons. The second-order valence-electron chi connectivity index (χ2n) is 8.28. The first kappa shape index (κ1) is 26.3. The van der Waals surface area contributed by atoms with Crippen molar-refractivity contribution in [2.24, 2.45) is 5.92 Å². The third-order valence-electron chi connectivity index (χ3n) is 5.80. The largest absolute Gasteiger partial charge is 0.468 e. The third kappa shape index (κ3) is 5.46. The van der Waals surface area contributed by atoms with E-state index < -0.39 is 62.0 Å². The summed E-state index contributed by atoms with van der Waals surface area (Å²) in [6.07, 6.45) is -1.72. The first-order valence-corrected chi connectivity index (χ1v) is 13.4. The van der Waals surface area contributed by atoms with Crippen LogP contribution in [-0.4, -0.2) is 52.6 Å². The average Bonchev–Trinajstić information content (AvgIpc) is 3.43. The third-order valence-corrected chi connectivity index (χ3v) is 8.31. The van der Waals surface area contributed by atoms with Crippen molar-refractivity contribution >= 4 is 35.1 Å². The molecule has 0 aliphatic carbocycles. The summed E-state index contributed by atoms with van der Waals surface area (Å²) >= 11 is 1.48. The Bertz CT molecular complexity index is 1400. The Labute approximate surface area is 209 Å². The molecule has 6 atom stereocenters. The number of methoxy groups -OCH3 is 1. The molecule has 12 nitrogen and oxygen atoms in total. The van der Waals surface area contributed by atoms with E-state index in [0.717, 1.165) is 9.27 Å². The van der Waals surface area contributed by atoms with Gasteiger partial charge in [-0.25, -0.2) is 9.36 Å². The van der Waals surface area contributed by atoms with E-state index in [4.69, 9.17) is 18.5 Å². The molecule has 2 unspecified atom stereocenters. The molecule has 3 aromatic rings. The Morgan fingerprint density at radius 2 is 2.11 bits per heavy atom. The molecule has 1 aromatic carbocycles. The number of benzene rings is 1. The monoisotopic (exact) mass is 539 g/mol. The number of aromatic nitrogens is 2. The number of H-pyrrole nitrogens is 1. The Morgan fingerprint density at radius 3 is 2.83 bits per heavy atom. The smallest absolute Gasteiger partial charge is 0.459 e. The molecule has 2 aromatic heterocycles. The summed E-state index contributed by atoms with van der Waals surface area (Å²) in [4.78, 5) is 37.7. The normalized spacial score (nSPS) is 24.3. The van der Waals surface area contributed by atoms with Gasteiger partial charge in [0, 0.05) is 28.3 Å².